The van der Waals surface area contributed by atoms with Crippen LogP contribution in [0.5, 0.6) is 5.75 Å². The van der Waals surface area contributed by atoms with E-state index in [1.807, 2.05) is 0 Å². The Morgan fingerprint density at radius 3 is 2.65 bits per heavy atom. The smallest absolute Gasteiger partial charge is 0.387 e. The lowest BCUT2D eigenvalue weighted by Crippen LogP contribution is -2.48. The lowest BCUT2D eigenvalue weighted by molar-refractivity contribution is -0.0518. The average molecular weight is 386 g/mol. The van der Waals surface area contributed by atoms with Crippen molar-refractivity contribution in [2.24, 2.45) is 0 Å². The second kappa shape index (κ2) is 7.65. The number of halogens is 3. The Morgan fingerprint density at radius 2 is 1.92 bits per heavy atom. The second-order valence-electron chi connectivity index (χ2n) is 5.72. The van der Waals surface area contributed by atoms with E-state index in [-0.39, 0.29) is 18.0 Å². The molecule has 1 unspecified atom stereocenters. The summed E-state index contributed by atoms with van der Waals surface area (Å²) >= 11 is 0. The van der Waals surface area contributed by atoms with Crippen LogP contribution in [-0.2, 0) is 10.0 Å². The van der Waals surface area contributed by atoms with E-state index in [1.165, 1.54) is 46.8 Å². The molecular formula is C17H17F3N2O3S. The van der Waals surface area contributed by atoms with Gasteiger partial charge in [-0.3, -0.25) is 0 Å². The third-order valence-electron chi connectivity index (χ3n) is 4.08. The van der Waals surface area contributed by atoms with Crippen LogP contribution >= 0.6 is 0 Å². The first-order valence-corrected chi connectivity index (χ1v) is 9.35. The highest BCUT2D eigenvalue weighted by Crippen LogP contribution is 2.33. The van der Waals surface area contributed by atoms with Crippen molar-refractivity contribution in [3.63, 3.8) is 0 Å². The summed E-state index contributed by atoms with van der Waals surface area (Å²) in [7, 11) is -4.14. The normalized spacial score (nSPS) is 18.8. The number of benzene rings is 2. The number of piperazine rings is 1. The average Bonchev–Trinajstić information content (AvgIpc) is 2.61. The van der Waals surface area contributed by atoms with Crippen LogP contribution in [0, 0.1) is 5.82 Å². The summed E-state index contributed by atoms with van der Waals surface area (Å²) in [6.45, 7) is -2.36. The molecule has 5 nitrogen and oxygen atoms in total. The summed E-state index contributed by atoms with van der Waals surface area (Å²) < 4.78 is 70.7. The Bertz CT molecular complexity index is 877. The molecule has 0 aliphatic carbocycles. The van der Waals surface area contributed by atoms with Gasteiger partial charge in [-0.05, 0) is 29.8 Å². The fourth-order valence-electron chi connectivity index (χ4n) is 2.95. The maximum Gasteiger partial charge on any atom is 0.387 e. The van der Waals surface area contributed by atoms with Crippen LogP contribution in [0.3, 0.4) is 0 Å². The number of hydrogen-bond donors (Lipinski definition) is 1. The van der Waals surface area contributed by atoms with E-state index in [4.69, 9.17) is 0 Å². The van der Waals surface area contributed by atoms with Crippen LogP contribution < -0.4 is 10.1 Å². The fraction of sp³-hybridized carbons (Fsp3) is 0.294. The molecule has 26 heavy (non-hydrogen) atoms. The minimum absolute atomic E-state index is 0.118. The molecule has 9 heteroatoms. The maximum absolute atomic E-state index is 13.6. The van der Waals surface area contributed by atoms with Gasteiger partial charge in [0.15, 0.2) is 0 Å². The molecular weight excluding hydrogens is 369 g/mol. The summed E-state index contributed by atoms with van der Waals surface area (Å²) in [6, 6.07) is 10.2. The number of nitrogens with zero attached hydrogens (tertiary/aromatic N) is 1. The van der Waals surface area contributed by atoms with Gasteiger partial charge in [0, 0.05) is 19.6 Å². The largest absolute Gasteiger partial charge is 0.433 e. The Morgan fingerprint density at radius 1 is 1.15 bits per heavy atom. The molecule has 0 spiro atoms. The molecule has 2 aromatic carbocycles. The molecule has 1 saturated heterocycles. The van der Waals surface area contributed by atoms with Crippen molar-refractivity contribution < 1.29 is 26.3 Å². The molecule has 0 amide bonds. The van der Waals surface area contributed by atoms with E-state index in [2.05, 4.69) is 10.1 Å². The van der Waals surface area contributed by atoms with Crippen LogP contribution in [0.2, 0.25) is 0 Å². The Hall–Kier alpha value is -2.10. The van der Waals surface area contributed by atoms with E-state index >= 15 is 0 Å². The Kier molecular flexibility index (Phi) is 5.49. The standard InChI is InChI=1S/C17H17F3N2O3S/c18-13-5-3-4-12(10-13)14-11-21-8-9-22(14)26(23,24)16-7-2-1-6-15(16)25-17(19)20/h1-7,10,14,17,21H,8-9,11H2. The number of nitrogens with one attached hydrogen (secondary N) is 1. The van der Waals surface area contributed by atoms with Crippen LogP contribution in [0.1, 0.15) is 11.6 Å². The van der Waals surface area contributed by atoms with Crippen LogP contribution in [0.15, 0.2) is 53.4 Å². The van der Waals surface area contributed by atoms with Gasteiger partial charge in [-0.15, -0.1) is 0 Å². The molecule has 1 N–H and O–H groups in total. The first-order chi connectivity index (χ1) is 12.4. The van der Waals surface area contributed by atoms with Gasteiger partial charge in [0.05, 0.1) is 6.04 Å². The second-order valence-corrected chi connectivity index (χ2v) is 7.57. The van der Waals surface area contributed by atoms with Gasteiger partial charge in [0.2, 0.25) is 10.0 Å². The van der Waals surface area contributed by atoms with E-state index in [0.29, 0.717) is 12.1 Å². The minimum Gasteiger partial charge on any atom is -0.433 e. The van der Waals surface area contributed by atoms with Crippen molar-refractivity contribution in [2.75, 3.05) is 19.6 Å². The highest BCUT2D eigenvalue weighted by Gasteiger charge is 2.36. The zero-order valence-corrected chi connectivity index (χ0v) is 14.4. The predicted octanol–water partition coefficient (Wildman–Crippen LogP) is 2.76. The molecule has 0 bridgehead atoms. The summed E-state index contributed by atoms with van der Waals surface area (Å²) in [5, 5.41) is 3.07. The van der Waals surface area contributed by atoms with Crippen LogP contribution in [-0.4, -0.2) is 39.0 Å². The van der Waals surface area contributed by atoms with Gasteiger partial charge in [0.1, 0.15) is 16.5 Å². The number of sulfonamides is 1. The molecule has 0 radical (unpaired) electrons. The number of rotatable bonds is 5. The molecule has 2 aromatic rings. The topological polar surface area (TPSA) is 58.6 Å². The lowest BCUT2D eigenvalue weighted by atomic mass is 10.1. The summed E-state index contributed by atoms with van der Waals surface area (Å²) in [4.78, 5) is -0.344. The van der Waals surface area contributed by atoms with Crippen molar-refractivity contribution in [1.29, 1.82) is 0 Å². The summed E-state index contributed by atoms with van der Waals surface area (Å²) in [5.41, 5.74) is 0.480. The number of ether oxygens (including phenoxy) is 1. The molecule has 1 atom stereocenters. The molecule has 3 rings (SSSR count). The van der Waals surface area contributed by atoms with Gasteiger partial charge in [0.25, 0.3) is 0 Å². The summed E-state index contributed by atoms with van der Waals surface area (Å²) in [6.07, 6.45) is 0. The molecule has 1 aliphatic rings. The fourth-order valence-corrected chi connectivity index (χ4v) is 4.69. The van der Waals surface area contributed by atoms with E-state index in [9.17, 15) is 21.6 Å². The van der Waals surface area contributed by atoms with Gasteiger partial charge < -0.3 is 10.1 Å². The van der Waals surface area contributed by atoms with Crippen LogP contribution in [0.25, 0.3) is 0 Å². The Balaban J connectivity index is 2.02. The minimum atomic E-state index is -4.14. The number of hydrogen-bond acceptors (Lipinski definition) is 4. The van der Waals surface area contributed by atoms with Gasteiger partial charge in [-0.2, -0.15) is 13.1 Å². The molecule has 1 fully saturated rings. The molecule has 0 saturated carbocycles. The third kappa shape index (κ3) is 3.84. The van der Waals surface area contributed by atoms with Gasteiger partial charge in [-0.1, -0.05) is 24.3 Å². The van der Waals surface area contributed by atoms with Crippen molar-refractivity contribution in [2.45, 2.75) is 17.5 Å². The van der Waals surface area contributed by atoms with E-state index in [1.54, 1.807) is 6.07 Å². The molecule has 140 valence electrons. The Labute approximate surface area is 149 Å². The van der Waals surface area contributed by atoms with Crippen molar-refractivity contribution in [3.8, 4) is 5.75 Å². The third-order valence-corrected chi connectivity index (χ3v) is 6.03. The van der Waals surface area contributed by atoms with Crippen molar-refractivity contribution in [1.82, 2.24) is 9.62 Å². The van der Waals surface area contributed by atoms with Crippen molar-refractivity contribution >= 4 is 10.0 Å². The number of alkyl halides is 2. The maximum atomic E-state index is 13.6. The monoisotopic (exact) mass is 386 g/mol. The molecule has 1 aliphatic heterocycles. The van der Waals surface area contributed by atoms with Crippen molar-refractivity contribution in [3.05, 3.63) is 59.9 Å². The van der Waals surface area contributed by atoms with E-state index < -0.39 is 34.2 Å². The highest BCUT2D eigenvalue weighted by molar-refractivity contribution is 7.89. The number of para-hydroxylation sites is 1. The van der Waals surface area contributed by atoms with E-state index in [0.717, 1.165) is 0 Å². The first-order valence-electron chi connectivity index (χ1n) is 7.91. The zero-order chi connectivity index (χ0) is 18.7. The summed E-state index contributed by atoms with van der Waals surface area (Å²) in [5.74, 6) is -0.897. The molecule has 0 aromatic heterocycles. The zero-order valence-electron chi connectivity index (χ0n) is 13.6. The van der Waals surface area contributed by atoms with Gasteiger partial charge in [-0.25, -0.2) is 12.8 Å². The quantitative estimate of drug-likeness (QED) is 0.859. The lowest BCUT2D eigenvalue weighted by Gasteiger charge is -2.35. The molecule has 1 heterocycles. The SMILES string of the molecule is O=S(=O)(c1ccccc1OC(F)F)N1CCNCC1c1cccc(F)c1. The predicted molar refractivity (Wildman–Crippen MR) is 89.0 cm³/mol. The van der Waals surface area contributed by atoms with Gasteiger partial charge >= 0.3 is 6.61 Å². The highest BCUT2D eigenvalue weighted by atomic mass is 32.2. The van der Waals surface area contributed by atoms with Crippen LogP contribution in [0.4, 0.5) is 13.2 Å². The first kappa shape index (κ1) is 18.7.